The van der Waals surface area contributed by atoms with Crippen LogP contribution in [0.2, 0.25) is 0 Å². The van der Waals surface area contributed by atoms with Crippen LogP contribution in [0.4, 0.5) is 0 Å². The Bertz CT molecular complexity index is 98.3. The highest BCUT2D eigenvalue weighted by molar-refractivity contribution is 5.77. The minimum absolute atomic E-state index is 0.412. The lowest BCUT2D eigenvalue weighted by Gasteiger charge is -2.08. The minimum atomic E-state index is 0.412. The van der Waals surface area contributed by atoms with Gasteiger partial charge in [-0.15, -0.1) is 0 Å². The number of nitrogens with zero attached hydrogens (tertiary/aromatic N) is 1. The standard InChI is InChI=1S/C7H15NO.2C2H6/c1-5-9-7(8-4)6(2)3;2*1-2/h6H,5H2,1-4H3;2*1-2H3. The number of hydrogen-bond donors (Lipinski definition) is 0. The molecule has 2 nitrogen and oxygen atoms in total. The van der Waals surface area contributed by atoms with E-state index >= 15 is 0 Å². The summed E-state index contributed by atoms with van der Waals surface area (Å²) in [6, 6.07) is 0. The van der Waals surface area contributed by atoms with E-state index in [2.05, 4.69) is 18.8 Å². The molecule has 0 unspecified atom stereocenters. The number of ether oxygens (including phenoxy) is 1. The normalized spacial score (nSPS) is 9.46. The molecule has 0 aromatic rings. The van der Waals surface area contributed by atoms with E-state index in [9.17, 15) is 0 Å². The Hall–Kier alpha value is -0.530. The van der Waals surface area contributed by atoms with E-state index in [4.69, 9.17) is 4.74 Å². The molecule has 82 valence electrons. The SMILES string of the molecule is CC.CC.CCOC(=NC)C(C)C. The summed E-state index contributed by atoms with van der Waals surface area (Å²) in [4.78, 5) is 3.97. The molecule has 0 fully saturated rings. The van der Waals surface area contributed by atoms with Crippen molar-refractivity contribution in [1.29, 1.82) is 0 Å². The second-order valence-electron chi connectivity index (χ2n) is 2.15. The third kappa shape index (κ3) is 14.3. The van der Waals surface area contributed by atoms with Crippen LogP contribution in [-0.2, 0) is 4.74 Å². The molecular formula is C11H27NO. The molecule has 0 spiro atoms. The van der Waals surface area contributed by atoms with Gasteiger partial charge in [0.25, 0.3) is 0 Å². The van der Waals surface area contributed by atoms with Gasteiger partial charge in [-0.05, 0) is 6.92 Å². The van der Waals surface area contributed by atoms with Crippen molar-refractivity contribution in [2.24, 2.45) is 10.9 Å². The van der Waals surface area contributed by atoms with E-state index in [1.165, 1.54) is 0 Å². The first-order valence-corrected chi connectivity index (χ1v) is 5.31. The molecule has 0 saturated heterocycles. The summed E-state index contributed by atoms with van der Waals surface area (Å²) in [5.74, 6) is 1.26. The molecule has 0 atom stereocenters. The maximum atomic E-state index is 5.20. The van der Waals surface area contributed by atoms with Crippen LogP contribution in [-0.4, -0.2) is 19.6 Å². The maximum Gasteiger partial charge on any atom is 0.185 e. The summed E-state index contributed by atoms with van der Waals surface area (Å²) in [7, 11) is 1.75. The largest absolute Gasteiger partial charge is 0.481 e. The van der Waals surface area contributed by atoms with Crippen LogP contribution in [0.3, 0.4) is 0 Å². The smallest absolute Gasteiger partial charge is 0.185 e. The third-order valence-electron chi connectivity index (χ3n) is 1.01. The van der Waals surface area contributed by atoms with Crippen molar-refractivity contribution in [3.8, 4) is 0 Å². The van der Waals surface area contributed by atoms with E-state index < -0.39 is 0 Å². The Labute approximate surface area is 84.4 Å². The molecule has 0 aromatic carbocycles. The van der Waals surface area contributed by atoms with Gasteiger partial charge in [0, 0.05) is 13.0 Å². The number of hydrogen-bond acceptors (Lipinski definition) is 2. The second-order valence-corrected chi connectivity index (χ2v) is 2.15. The van der Waals surface area contributed by atoms with Gasteiger partial charge in [0.2, 0.25) is 0 Å². The van der Waals surface area contributed by atoms with Crippen molar-refractivity contribution in [3.05, 3.63) is 0 Å². The molecule has 0 heterocycles. The zero-order valence-corrected chi connectivity index (χ0v) is 10.6. The maximum absolute atomic E-state index is 5.20. The van der Waals surface area contributed by atoms with Crippen LogP contribution in [0, 0.1) is 5.92 Å². The lowest BCUT2D eigenvalue weighted by Crippen LogP contribution is -2.11. The van der Waals surface area contributed by atoms with Gasteiger partial charge in [0.15, 0.2) is 5.90 Å². The summed E-state index contributed by atoms with van der Waals surface area (Å²) in [5, 5.41) is 0. The lowest BCUT2D eigenvalue weighted by molar-refractivity contribution is 0.305. The van der Waals surface area contributed by atoms with Gasteiger partial charge >= 0.3 is 0 Å². The van der Waals surface area contributed by atoms with Gasteiger partial charge in [0.1, 0.15) is 0 Å². The summed E-state index contributed by atoms with van der Waals surface area (Å²) in [6.45, 7) is 14.8. The molecule has 0 saturated carbocycles. The van der Waals surface area contributed by atoms with Gasteiger partial charge in [-0.2, -0.15) is 0 Å². The zero-order valence-electron chi connectivity index (χ0n) is 10.6. The number of rotatable bonds is 2. The van der Waals surface area contributed by atoms with Crippen LogP contribution in [0.1, 0.15) is 48.5 Å². The van der Waals surface area contributed by atoms with Gasteiger partial charge in [-0.25, -0.2) is 0 Å². The highest BCUT2D eigenvalue weighted by Crippen LogP contribution is 1.97. The van der Waals surface area contributed by atoms with E-state index in [1.54, 1.807) is 7.05 Å². The molecule has 0 aliphatic rings. The Kier molecular flexibility index (Phi) is 24.7. The van der Waals surface area contributed by atoms with Crippen LogP contribution in [0.25, 0.3) is 0 Å². The lowest BCUT2D eigenvalue weighted by atomic mass is 10.2. The summed E-state index contributed by atoms with van der Waals surface area (Å²) in [6.07, 6.45) is 0. The Morgan fingerprint density at radius 1 is 1.15 bits per heavy atom. The van der Waals surface area contributed by atoms with Crippen molar-refractivity contribution in [3.63, 3.8) is 0 Å². The highest BCUT2D eigenvalue weighted by Gasteiger charge is 2.02. The predicted octanol–water partition coefficient (Wildman–Crippen LogP) is 3.76. The van der Waals surface area contributed by atoms with Crippen LogP contribution >= 0.6 is 0 Å². The fraction of sp³-hybridized carbons (Fsp3) is 0.909. The van der Waals surface area contributed by atoms with Crippen molar-refractivity contribution < 1.29 is 4.74 Å². The first-order chi connectivity index (χ1) is 6.22. The Morgan fingerprint density at radius 2 is 1.54 bits per heavy atom. The number of aliphatic imine (C=N–C) groups is 1. The van der Waals surface area contributed by atoms with E-state index in [0.717, 1.165) is 5.90 Å². The Balaban J connectivity index is -0.000000218. The molecular weight excluding hydrogens is 162 g/mol. The minimum Gasteiger partial charge on any atom is -0.481 e. The van der Waals surface area contributed by atoms with Crippen molar-refractivity contribution in [2.75, 3.05) is 13.7 Å². The molecule has 0 aliphatic carbocycles. The average Bonchev–Trinajstić information content (AvgIpc) is 2.20. The van der Waals surface area contributed by atoms with E-state index in [-0.39, 0.29) is 0 Å². The van der Waals surface area contributed by atoms with Gasteiger partial charge in [-0.1, -0.05) is 41.5 Å². The molecule has 0 aliphatic heterocycles. The molecule has 13 heavy (non-hydrogen) atoms. The quantitative estimate of drug-likeness (QED) is 0.479. The molecule has 2 heteroatoms. The van der Waals surface area contributed by atoms with Crippen molar-refractivity contribution in [2.45, 2.75) is 48.5 Å². The van der Waals surface area contributed by atoms with Gasteiger partial charge in [-0.3, -0.25) is 4.99 Å². The first-order valence-electron chi connectivity index (χ1n) is 5.31. The molecule has 0 bridgehead atoms. The second kappa shape index (κ2) is 17.5. The van der Waals surface area contributed by atoms with E-state index in [1.807, 2.05) is 34.6 Å². The molecule has 0 amide bonds. The molecule has 0 rings (SSSR count). The third-order valence-corrected chi connectivity index (χ3v) is 1.01. The van der Waals surface area contributed by atoms with Crippen LogP contribution in [0.5, 0.6) is 0 Å². The topological polar surface area (TPSA) is 21.6 Å². The summed E-state index contributed by atoms with van der Waals surface area (Å²) < 4.78 is 5.20. The first kappa shape index (κ1) is 18.3. The monoisotopic (exact) mass is 189 g/mol. The fourth-order valence-corrected chi connectivity index (χ4v) is 0.637. The highest BCUT2D eigenvalue weighted by atomic mass is 16.5. The molecule has 0 N–H and O–H groups in total. The van der Waals surface area contributed by atoms with Crippen LogP contribution in [0.15, 0.2) is 4.99 Å². The summed E-state index contributed by atoms with van der Waals surface area (Å²) >= 11 is 0. The fourth-order valence-electron chi connectivity index (χ4n) is 0.637. The predicted molar refractivity (Wildman–Crippen MR) is 62.5 cm³/mol. The summed E-state index contributed by atoms with van der Waals surface area (Å²) in [5.41, 5.74) is 0. The Morgan fingerprint density at radius 3 is 1.62 bits per heavy atom. The van der Waals surface area contributed by atoms with Gasteiger partial charge < -0.3 is 4.74 Å². The molecule has 0 aromatic heterocycles. The molecule has 0 radical (unpaired) electrons. The van der Waals surface area contributed by atoms with E-state index in [0.29, 0.717) is 12.5 Å². The van der Waals surface area contributed by atoms with Crippen LogP contribution < -0.4 is 0 Å². The average molecular weight is 189 g/mol. The van der Waals surface area contributed by atoms with Crippen molar-refractivity contribution in [1.82, 2.24) is 0 Å². The van der Waals surface area contributed by atoms with Crippen molar-refractivity contribution >= 4 is 5.90 Å². The zero-order chi connectivity index (χ0) is 11.3. The van der Waals surface area contributed by atoms with Gasteiger partial charge in [0.05, 0.1) is 6.61 Å².